The second-order valence-electron chi connectivity index (χ2n) is 4.42. The number of nitrogens with zero attached hydrogens (tertiary/aromatic N) is 1. The van der Waals surface area contributed by atoms with Gasteiger partial charge in [-0.3, -0.25) is 4.98 Å². The van der Waals surface area contributed by atoms with E-state index in [1.807, 2.05) is 6.92 Å². The van der Waals surface area contributed by atoms with E-state index in [0.717, 1.165) is 5.69 Å². The molecule has 112 valence electrons. The first-order chi connectivity index (χ1) is 10.0. The Labute approximate surface area is 121 Å². The average molecular weight is 295 g/mol. The highest BCUT2D eigenvalue weighted by Crippen LogP contribution is 2.33. The van der Waals surface area contributed by atoms with Crippen LogP contribution in [0.25, 0.3) is 0 Å². The second-order valence-corrected chi connectivity index (χ2v) is 4.42. The van der Waals surface area contributed by atoms with Crippen LogP contribution in [0.4, 0.5) is 8.78 Å². The quantitative estimate of drug-likeness (QED) is 0.921. The van der Waals surface area contributed by atoms with E-state index in [1.54, 1.807) is 18.2 Å². The van der Waals surface area contributed by atoms with Gasteiger partial charge in [0.15, 0.2) is 11.5 Å². The molecule has 1 aromatic carbocycles. The molecule has 2 aromatic rings. The van der Waals surface area contributed by atoms with Gasteiger partial charge < -0.3 is 14.6 Å². The van der Waals surface area contributed by atoms with Crippen molar-refractivity contribution >= 4 is 0 Å². The highest BCUT2D eigenvalue weighted by atomic mass is 19.3. The predicted octanol–water partition coefficient (Wildman–Crippen LogP) is 3.08. The van der Waals surface area contributed by atoms with Gasteiger partial charge in [0, 0.05) is 17.5 Å². The van der Waals surface area contributed by atoms with Gasteiger partial charge in [0.2, 0.25) is 0 Å². The molecule has 0 aliphatic carbocycles. The van der Waals surface area contributed by atoms with Gasteiger partial charge in [-0.25, -0.2) is 0 Å². The Hall–Kier alpha value is -2.21. The molecule has 21 heavy (non-hydrogen) atoms. The number of methoxy groups -OCH3 is 1. The molecule has 0 bridgehead atoms. The normalized spacial score (nSPS) is 12.3. The number of hydrogen-bond acceptors (Lipinski definition) is 4. The molecule has 0 saturated heterocycles. The summed E-state index contributed by atoms with van der Waals surface area (Å²) in [5.41, 5.74) is 1.80. The Balaban J connectivity index is 2.32. The van der Waals surface area contributed by atoms with E-state index >= 15 is 0 Å². The maximum absolute atomic E-state index is 12.4. The standard InChI is InChI=1S/C15H15F2NO3/c1-9-3-4-11(8-18-9)14(19)10-5-6-12(20-2)13(7-10)21-15(16)17/h3-8,14-15,19H,1-2H3. The lowest BCUT2D eigenvalue weighted by Crippen LogP contribution is -2.06. The Morgan fingerprint density at radius 3 is 2.38 bits per heavy atom. The van der Waals surface area contributed by atoms with Crippen molar-refractivity contribution in [3.63, 3.8) is 0 Å². The van der Waals surface area contributed by atoms with Crippen LogP contribution in [0.15, 0.2) is 36.5 Å². The number of aliphatic hydroxyl groups excluding tert-OH is 1. The van der Waals surface area contributed by atoms with Crippen molar-refractivity contribution < 1.29 is 23.4 Å². The van der Waals surface area contributed by atoms with Crippen molar-refractivity contribution in [2.45, 2.75) is 19.6 Å². The molecule has 0 amide bonds. The molecule has 1 aromatic heterocycles. The number of halogens is 2. The highest BCUT2D eigenvalue weighted by Gasteiger charge is 2.16. The van der Waals surface area contributed by atoms with Crippen LogP contribution < -0.4 is 9.47 Å². The van der Waals surface area contributed by atoms with E-state index in [0.29, 0.717) is 11.1 Å². The Morgan fingerprint density at radius 1 is 1.10 bits per heavy atom. The summed E-state index contributed by atoms with van der Waals surface area (Å²) < 4.78 is 34.1. The fourth-order valence-corrected chi connectivity index (χ4v) is 1.88. The van der Waals surface area contributed by atoms with E-state index in [4.69, 9.17) is 4.74 Å². The molecule has 0 spiro atoms. The lowest BCUT2D eigenvalue weighted by Gasteiger charge is -2.15. The molecule has 1 heterocycles. The van der Waals surface area contributed by atoms with E-state index in [2.05, 4.69) is 9.72 Å². The van der Waals surface area contributed by atoms with Crippen LogP contribution in [-0.2, 0) is 0 Å². The number of aromatic nitrogens is 1. The molecule has 0 aliphatic rings. The van der Waals surface area contributed by atoms with Crippen molar-refractivity contribution in [1.29, 1.82) is 0 Å². The van der Waals surface area contributed by atoms with E-state index in [-0.39, 0.29) is 11.5 Å². The van der Waals surface area contributed by atoms with Crippen molar-refractivity contribution in [2.75, 3.05) is 7.11 Å². The van der Waals surface area contributed by atoms with Crippen LogP contribution in [-0.4, -0.2) is 23.8 Å². The summed E-state index contributed by atoms with van der Waals surface area (Å²) in [7, 11) is 1.35. The van der Waals surface area contributed by atoms with Gasteiger partial charge in [0.05, 0.1) is 7.11 Å². The molecule has 0 fully saturated rings. The molecule has 6 heteroatoms. The average Bonchev–Trinajstić information content (AvgIpc) is 2.46. The summed E-state index contributed by atoms with van der Waals surface area (Å²) in [6.07, 6.45) is 0.557. The highest BCUT2D eigenvalue weighted by molar-refractivity contribution is 5.45. The summed E-state index contributed by atoms with van der Waals surface area (Å²) in [6.45, 7) is -1.13. The number of aliphatic hydroxyl groups is 1. The lowest BCUT2D eigenvalue weighted by molar-refractivity contribution is -0.0513. The Kier molecular flexibility index (Phi) is 4.70. The maximum atomic E-state index is 12.4. The molecule has 1 unspecified atom stereocenters. The molecule has 1 atom stereocenters. The molecule has 0 radical (unpaired) electrons. The van der Waals surface area contributed by atoms with Crippen molar-refractivity contribution in [1.82, 2.24) is 4.98 Å². The topological polar surface area (TPSA) is 51.6 Å². The number of hydrogen-bond donors (Lipinski definition) is 1. The van der Waals surface area contributed by atoms with Gasteiger partial charge in [-0.2, -0.15) is 8.78 Å². The van der Waals surface area contributed by atoms with E-state index < -0.39 is 12.7 Å². The first kappa shape index (κ1) is 15.2. The van der Waals surface area contributed by atoms with Crippen LogP contribution in [0, 0.1) is 6.92 Å². The Morgan fingerprint density at radius 2 is 1.81 bits per heavy atom. The maximum Gasteiger partial charge on any atom is 0.387 e. The molecule has 0 aliphatic heterocycles. The molecule has 1 N–H and O–H groups in total. The minimum Gasteiger partial charge on any atom is -0.493 e. The van der Waals surface area contributed by atoms with Gasteiger partial charge >= 0.3 is 6.61 Å². The first-order valence-electron chi connectivity index (χ1n) is 6.24. The fraction of sp³-hybridized carbons (Fsp3) is 0.267. The minimum absolute atomic E-state index is 0.121. The third kappa shape index (κ3) is 3.66. The summed E-state index contributed by atoms with van der Waals surface area (Å²) in [4.78, 5) is 4.09. The van der Waals surface area contributed by atoms with Crippen LogP contribution >= 0.6 is 0 Å². The van der Waals surface area contributed by atoms with Crippen LogP contribution in [0.5, 0.6) is 11.5 Å². The second kappa shape index (κ2) is 6.49. The van der Waals surface area contributed by atoms with Gasteiger partial charge in [0.25, 0.3) is 0 Å². The van der Waals surface area contributed by atoms with E-state index in [1.165, 1.54) is 25.4 Å². The molecule has 0 saturated carbocycles. The number of aryl methyl sites for hydroxylation is 1. The van der Waals surface area contributed by atoms with Crippen LogP contribution in [0.3, 0.4) is 0 Å². The first-order valence-corrected chi connectivity index (χ1v) is 6.24. The number of alkyl halides is 2. The summed E-state index contributed by atoms with van der Waals surface area (Å²) in [6, 6.07) is 7.87. The van der Waals surface area contributed by atoms with Crippen molar-refractivity contribution in [2.24, 2.45) is 0 Å². The molecule has 4 nitrogen and oxygen atoms in total. The smallest absolute Gasteiger partial charge is 0.387 e. The Bertz CT molecular complexity index is 602. The van der Waals surface area contributed by atoms with Gasteiger partial charge in [-0.1, -0.05) is 12.1 Å². The number of ether oxygens (including phenoxy) is 2. The van der Waals surface area contributed by atoms with E-state index in [9.17, 15) is 13.9 Å². The molecular formula is C15H15F2NO3. The third-order valence-electron chi connectivity index (χ3n) is 2.97. The van der Waals surface area contributed by atoms with Gasteiger partial charge in [-0.05, 0) is 30.7 Å². The molecule has 2 rings (SSSR count). The largest absolute Gasteiger partial charge is 0.493 e. The van der Waals surface area contributed by atoms with Gasteiger partial charge in [-0.15, -0.1) is 0 Å². The van der Waals surface area contributed by atoms with Crippen LogP contribution in [0.1, 0.15) is 22.9 Å². The number of benzene rings is 1. The SMILES string of the molecule is COc1ccc(C(O)c2ccc(C)nc2)cc1OC(F)F. The zero-order valence-electron chi connectivity index (χ0n) is 11.6. The zero-order chi connectivity index (χ0) is 15.4. The van der Waals surface area contributed by atoms with Crippen LogP contribution in [0.2, 0.25) is 0 Å². The summed E-state index contributed by atoms with van der Waals surface area (Å²) in [5.74, 6) is 0.0531. The van der Waals surface area contributed by atoms with Crippen molar-refractivity contribution in [3.8, 4) is 11.5 Å². The van der Waals surface area contributed by atoms with Gasteiger partial charge in [0.1, 0.15) is 6.10 Å². The number of rotatable bonds is 5. The number of pyridine rings is 1. The third-order valence-corrected chi connectivity index (χ3v) is 2.97. The fourth-order valence-electron chi connectivity index (χ4n) is 1.88. The summed E-state index contributed by atoms with van der Waals surface area (Å²) >= 11 is 0. The zero-order valence-corrected chi connectivity index (χ0v) is 11.6. The molecular weight excluding hydrogens is 280 g/mol. The monoisotopic (exact) mass is 295 g/mol. The van der Waals surface area contributed by atoms with Crippen molar-refractivity contribution in [3.05, 3.63) is 53.3 Å². The lowest BCUT2D eigenvalue weighted by atomic mass is 10.0. The predicted molar refractivity (Wildman–Crippen MR) is 72.7 cm³/mol. The minimum atomic E-state index is -2.97. The summed E-state index contributed by atoms with van der Waals surface area (Å²) in [5, 5.41) is 10.3.